The van der Waals surface area contributed by atoms with E-state index in [1.807, 2.05) is 0 Å². The van der Waals surface area contributed by atoms with Crippen LogP contribution in [0.5, 0.6) is 0 Å². The number of hydrogen-bond donors (Lipinski definition) is 1. The number of hydrogen-bond acceptors (Lipinski definition) is 3. The summed E-state index contributed by atoms with van der Waals surface area (Å²) in [7, 11) is 0. The Bertz CT molecular complexity index is 335. The highest BCUT2D eigenvalue weighted by Crippen LogP contribution is 2.29. The summed E-state index contributed by atoms with van der Waals surface area (Å²) in [5, 5.41) is 2.86. The number of rotatable bonds is 0. The summed E-state index contributed by atoms with van der Waals surface area (Å²) in [4.78, 5) is 25.0. The van der Waals surface area contributed by atoms with Crippen LogP contribution in [0, 0.1) is 0 Å². The van der Waals surface area contributed by atoms with E-state index in [2.05, 4.69) is 5.32 Å². The third-order valence-electron chi connectivity index (χ3n) is 3.18. The Morgan fingerprint density at radius 3 is 2.65 bits per heavy atom. The second kappa shape index (κ2) is 4.20. The maximum Gasteiger partial charge on any atom is 0.418 e. The van der Waals surface area contributed by atoms with Crippen LogP contribution in [0.3, 0.4) is 0 Å². The predicted octanol–water partition coefficient (Wildman–Crippen LogP) is 2.26. The first kappa shape index (κ1) is 12.2. The molecule has 0 spiro atoms. The number of nitrogens with one attached hydrogen (secondary N) is 1. The van der Waals surface area contributed by atoms with Crippen LogP contribution < -0.4 is 5.32 Å². The summed E-state index contributed by atoms with van der Waals surface area (Å²) in [6, 6.07) is -0.217. The topological polar surface area (TPSA) is 58.6 Å². The standard InChI is InChI=1S/C12H20N2O3/c1-12(2,3)17-11(16)14-9-7-5-4-6-8(9)13-10(14)15/h8-9H,4-7H2,1-3H3,(H,13,15). The molecule has 96 valence electrons. The van der Waals surface area contributed by atoms with E-state index in [4.69, 9.17) is 4.74 Å². The molecule has 1 aliphatic heterocycles. The molecular formula is C12H20N2O3. The van der Waals surface area contributed by atoms with Crippen molar-refractivity contribution in [1.82, 2.24) is 10.2 Å². The van der Waals surface area contributed by atoms with Crippen molar-refractivity contribution in [1.29, 1.82) is 0 Å². The molecule has 1 heterocycles. The lowest BCUT2D eigenvalue weighted by molar-refractivity contribution is 0.0270. The van der Waals surface area contributed by atoms with Crippen molar-refractivity contribution >= 4 is 12.1 Å². The monoisotopic (exact) mass is 240 g/mol. The highest BCUT2D eigenvalue weighted by Gasteiger charge is 2.45. The minimum atomic E-state index is -0.565. The first-order chi connectivity index (χ1) is 7.88. The van der Waals surface area contributed by atoms with Gasteiger partial charge in [-0.2, -0.15) is 0 Å². The lowest BCUT2D eigenvalue weighted by Crippen LogP contribution is -2.44. The molecule has 2 unspecified atom stereocenters. The number of amides is 3. The molecule has 2 atom stereocenters. The molecular weight excluding hydrogens is 220 g/mol. The van der Waals surface area contributed by atoms with E-state index in [1.54, 1.807) is 20.8 Å². The van der Waals surface area contributed by atoms with E-state index in [0.717, 1.165) is 25.7 Å². The zero-order chi connectivity index (χ0) is 12.6. The highest BCUT2D eigenvalue weighted by molar-refractivity contribution is 5.93. The molecule has 5 nitrogen and oxygen atoms in total. The first-order valence-electron chi connectivity index (χ1n) is 6.21. The Morgan fingerprint density at radius 1 is 1.35 bits per heavy atom. The van der Waals surface area contributed by atoms with E-state index in [1.165, 1.54) is 4.90 Å². The van der Waals surface area contributed by atoms with Crippen LogP contribution in [-0.4, -0.2) is 34.7 Å². The van der Waals surface area contributed by atoms with Crippen molar-refractivity contribution in [3.63, 3.8) is 0 Å². The van der Waals surface area contributed by atoms with E-state index >= 15 is 0 Å². The van der Waals surface area contributed by atoms with Crippen molar-refractivity contribution in [3.8, 4) is 0 Å². The summed E-state index contributed by atoms with van der Waals surface area (Å²) >= 11 is 0. The van der Waals surface area contributed by atoms with E-state index in [-0.39, 0.29) is 18.1 Å². The van der Waals surface area contributed by atoms with E-state index < -0.39 is 11.7 Å². The summed E-state index contributed by atoms with van der Waals surface area (Å²) in [5.41, 5.74) is -0.565. The Balaban J connectivity index is 2.09. The molecule has 1 saturated carbocycles. The van der Waals surface area contributed by atoms with Gasteiger partial charge in [-0.1, -0.05) is 12.8 Å². The number of nitrogens with zero attached hydrogens (tertiary/aromatic N) is 1. The van der Waals surface area contributed by atoms with Crippen LogP contribution in [0.15, 0.2) is 0 Å². The molecule has 0 bridgehead atoms. The van der Waals surface area contributed by atoms with Crippen LogP contribution in [0.1, 0.15) is 46.5 Å². The molecule has 0 aromatic carbocycles. The number of carbonyl (C=O) groups excluding carboxylic acids is 2. The first-order valence-corrected chi connectivity index (χ1v) is 6.21. The Morgan fingerprint density at radius 2 is 2.00 bits per heavy atom. The fourth-order valence-electron chi connectivity index (χ4n) is 2.50. The molecule has 5 heteroatoms. The molecule has 2 aliphatic rings. The maximum atomic E-state index is 12.0. The van der Waals surface area contributed by atoms with Crippen LogP contribution in [0.2, 0.25) is 0 Å². The molecule has 3 amide bonds. The van der Waals surface area contributed by atoms with Crippen molar-refractivity contribution in [2.24, 2.45) is 0 Å². The number of ether oxygens (including phenoxy) is 1. The zero-order valence-corrected chi connectivity index (χ0v) is 10.7. The largest absolute Gasteiger partial charge is 0.443 e. The van der Waals surface area contributed by atoms with Crippen molar-refractivity contribution in [2.75, 3.05) is 0 Å². The van der Waals surface area contributed by atoms with Crippen LogP contribution in [0.25, 0.3) is 0 Å². The smallest absolute Gasteiger partial charge is 0.418 e. The van der Waals surface area contributed by atoms with Gasteiger partial charge in [0.25, 0.3) is 0 Å². The second-order valence-electron chi connectivity index (χ2n) is 5.76. The normalized spacial score (nSPS) is 28.6. The van der Waals surface area contributed by atoms with Gasteiger partial charge in [0.15, 0.2) is 0 Å². The Labute approximate surface area is 101 Å². The number of carbonyl (C=O) groups is 2. The summed E-state index contributed by atoms with van der Waals surface area (Å²) < 4.78 is 5.27. The number of fused-ring (bicyclic) bond motifs is 1. The van der Waals surface area contributed by atoms with E-state index in [0.29, 0.717) is 0 Å². The highest BCUT2D eigenvalue weighted by atomic mass is 16.6. The fourth-order valence-corrected chi connectivity index (χ4v) is 2.50. The number of urea groups is 1. The summed E-state index contributed by atoms with van der Waals surface area (Å²) in [6.45, 7) is 5.41. The van der Waals surface area contributed by atoms with Gasteiger partial charge in [0.1, 0.15) is 5.60 Å². The fraction of sp³-hybridized carbons (Fsp3) is 0.833. The third-order valence-corrected chi connectivity index (χ3v) is 3.18. The van der Waals surface area contributed by atoms with Gasteiger partial charge in [-0.15, -0.1) is 0 Å². The lowest BCUT2D eigenvalue weighted by atomic mass is 9.91. The predicted molar refractivity (Wildman–Crippen MR) is 62.6 cm³/mol. The van der Waals surface area contributed by atoms with Gasteiger partial charge in [-0.05, 0) is 33.6 Å². The molecule has 1 saturated heterocycles. The lowest BCUT2D eigenvalue weighted by Gasteiger charge is -2.30. The molecule has 17 heavy (non-hydrogen) atoms. The van der Waals surface area contributed by atoms with Gasteiger partial charge in [-0.25, -0.2) is 14.5 Å². The molecule has 2 fully saturated rings. The van der Waals surface area contributed by atoms with Gasteiger partial charge >= 0.3 is 12.1 Å². The average Bonchev–Trinajstić information content (AvgIpc) is 2.50. The van der Waals surface area contributed by atoms with Crippen molar-refractivity contribution in [3.05, 3.63) is 0 Å². The van der Waals surface area contributed by atoms with Gasteiger partial charge in [0.2, 0.25) is 0 Å². The SMILES string of the molecule is CC(C)(C)OC(=O)N1C(=O)NC2CCCCC21. The van der Waals surface area contributed by atoms with Gasteiger partial charge in [0.05, 0.1) is 12.1 Å². The second-order valence-corrected chi connectivity index (χ2v) is 5.76. The van der Waals surface area contributed by atoms with Crippen LogP contribution in [-0.2, 0) is 4.74 Å². The molecule has 0 radical (unpaired) electrons. The molecule has 2 rings (SSSR count). The Hall–Kier alpha value is -1.26. The quantitative estimate of drug-likeness (QED) is 0.706. The Kier molecular flexibility index (Phi) is 3.02. The summed E-state index contributed by atoms with van der Waals surface area (Å²) in [5.74, 6) is 0. The third kappa shape index (κ3) is 2.53. The average molecular weight is 240 g/mol. The summed E-state index contributed by atoms with van der Waals surface area (Å²) in [6.07, 6.45) is 3.49. The van der Waals surface area contributed by atoms with Gasteiger partial charge in [-0.3, -0.25) is 0 Å². The van der Waals surface area contributed by atoms with Gasteiger partial charge in [0, 0.05) is 0 Å². The van der Waals surface area contributed by atoms with Crippen molar-refractivity contribution < 1.29 is 14.3 Å². The van der Waals surface area contributed by atoms with Gasteiger partial charge < -0.3 is 10.1 Å². The minimum absolute atomic E-state index is 0.0221. The number of imide groups is 1. The molecule has 0 aromatic heterocycles. The van der Waals surface area contributed by atoms with Crippen molar-refractivity contribution in [2.45, 2.75) is 64.1 Å². The van der Waals surface area contributed by atoms with E-state index in [9.17, 15) is 9.59 Å². The van der Waals surface area contributed by atoms with Crippen LogP contribution in [0.4, 0.5) is 9.59 Å². The maximum absolute atomic E-state index is 12.0. The zero-order valence-electron chi connectivity index (χ0n) is 10.7. The molecule has 1 aliphatic carbocycles. The minimum Gasteiger partial charge on any atom is -0.443 e. The molecule has 0 aromatic rings. The van der Waals surface area contributed by atoms with Crippen LogP contribution >= 0.6 is 0 Å². The molecule has 1 N–H and O–H groups in total.